The average molecular weight is 274 g/mol. The first-order valence-corrected chi connectivity index (χ1v) is 7.52. The van der Waals surface area contributed by atoms with E-state index in [2.05, 4.69) is 10.5 Å². The van der Waals surface area contributed by atoms with E-state index >= 15 is 0 Å². The maximum Gasteiger partial charge on any atom is 0.144 e. The number of benzene rings is 1. The van der Waals surface area contributed by atoms with Crippen LogP contribution in [-0.4, -0.2) is 15.5 Å². The smallest absolute Gasteiger partial charge is 0.144 e. The van der Waals surface area contributed by atoms with E-state index in [9.17, 15) is 4.55 Å². The van der Waals surface area contributed by atoms with E-state index in [-0.39, 0.29) is 10.7 Å². The van der Waals surface area contributed by atoms with Gasteiger partial charge < -0.3 is 4.55 Å². The van der Waals surface area contributed by atoms with Crippen LogP contribution in [0.4, 0.5) is 0 Å². The fourth-order valence-electron chi connectivity index (χ4n) is 2.23. The first kappa shape index (κ1) is 14.1. The van der Waals surface area contributed by atoms with Crippen molar-refractivity contribution in [1.82, 2.24) is 0 Å². The van der Waals surface area contributed by atoms with E-state index in [1.165, 1.54) is 0 Å². The minimum atomic E-state index is -1.21. The van der Waals surface area contributed by atoms with Crippen LogP contribution in [0.15, 0.2) is 22.6 Å². The van der Waals surface area contributed by atoms with E-state index in [1.807, 2.05) is 39.0 Å². The number of rotatable bonds is 2. The zero-order valence-corrected chi connectivity index (χ0v) is 12.3. The molecule has 0 bridgehead atoms. The van der Waals surface area contributed by atoms with Crippen molar-refractivity contribution in [3.05, 3.63) is 34.9 Å². The van der Waals surface area contributed by atoms with Crippen LogP contribution < -0.4 is 0 Å². The molecule has 0 fully saturated rings. The van der Waals surface area contributed by atoms with Crippen LogP contribution in [0.3, 0.4) is 0 Å². The molecule has 100 valence electrons. The van der Waals surface area contributed by atoms with E-state index in [0.717, 1.165) is 29.5 Å². The minimum Gasteiger partial charge on any atom is -0.591 e. The standard InChI is InChI=1S/C15H18N2OS/c1-15(2,3)19(18)17-10-12-7-8-14-11(9-16)5-4-6-13(12)14/h4-6,10,12H,7-8H2,1-3H3/t12-,19+/m1/s1. The Kier molecular flexibility index (Phi) is 3.98. The van der Waals surface area contributed by atoms with Crippen molar-refractivity contribution in [2.45, 2.75) is 44.3 Å². The summed E-state index contributed by atoms with van der Waals surface area (Å²) in [7, 11) is 0. The molecular weight excluding hydrogens is 256 g/mol. The maximum atomic E-state index is 11.9. The lowest BCUT2D eigenvalue weighted by molar-refractivity contribution is 0.561. The Bertz CT molecular complexity index is 540. The molecule has 2 rings (SSSR count). The summed E-state index contributed by atoms with van der Waals surface area (Å²) < 4.78 is 15.8. The Balaban J connectivity index is 2.20. The first-order valence-electron chi connectivity index (χ1n) is 6.41. The molecule has 0 saturated heterocycles. The topological polar surface area (TPSA) is 59.2 Å². The molecule has 1 aromatic carbocycles. The van der Waals surface area contributed by atoms with E-state index < -0.39 is 11.4 Å². The first-order chi connectivity index (χ1) is 8.93. The van der Waals surface area contributed by atoms with Crippen LogP contribution in [0.25, 0.3) is 0 Å². The van der Waals surface area contributed by atoms with Crippen LogP contribution in [0.5, 0.6) is 0 Å². The average Bonchev–Trinajstić information content (AvgIpc) is 2.77. The van der Waals surface area contributed by atoms with Crippen LogP contribution in [0.2, 0.25) is 0 Å². The molecule has 19 heavy (non-hydrogen) atoms. The third-order valence-electron chi connectivity index (χ3n) is 3.30. The van der Waals surface area contributed by atoms with Crippen molar-refractivity contribution in [3.8, 4) is 6.07 Å². The summed E-state index contributed by atoms with van der Waals surface area (Å²) in [5, 5.41) is 9.08. The number of hydrogen-bond acceptors (Lipinski definition) is 3. The molecular formula is C15H18N2OS. The van der Waals surface area contributed by atoms with Gasteiger partial charge in [-0.3, -0.25) is 0 Å². The third-order valence-corrected chi connectivity index (χ3v) is 4.66. The molecule has 0 unspecified atom stereocenters. The number of nitriles is 1. The van der Waals surface area contributed by atoms with Gasteiger partial charge in [0.25, 0.3) is 0 Å². The van der Waals surface area contributed by atoms with E-state index in [1.54, 1.807) is 6.21 Å². The summed E-state index contributed by atoms with van der Waals surface area (Å²) in [6, 6.07) is 8.03. The normalized spacial score (nSPS) is 20.3. The number of nitrogens with zero attached hydrogens (tertiary/aromatic N) is 2. The summed E-state index contributed by atoms with van der Waals surface area (Å²) in [5.74, 6) is 0.189. The molecule has 1 aromatic rings. The summed E-state index contributed by atoms with van der Waals surface area (Å²) in [5.41, 5.74) is 3.04. The highest BCUT2D eigenvalue weighted by Crippen LogP contribution is 2.34. The predicted molar refractivity (Wildman–Crippen MR) is 78.6 cm³/mol. The minimum absolute atomic E-state index is 0.189. The highest BCUT2D eigenvalue weighted by atomic mass is 32.2. The molecule has 0 aromatic heterocycles. The van der Waals surface area contributed by atoms with Crippen molar-refractivity contribution < 1.29 is 4.55 Å². The van der Waals surface area contributed by atoms with Gasteiger partial charge in [-0.15, -0.1) is 0 Å². The van der Waals surface area contributed by atoms with Gasteiger partial charge in [-0.25, -0.2) is 0 Å². The molecule has 2 atom stereocenters. The third kappa shape index (κ3) is 2.99. The van der Waals surface area contributed by atoms with Crippen molar-refractivity contribution >= 4 is 17.6 Å². The second kappa shape index (κ2) is 5.36. The molecule has 0 N–H and O–H groups in total. The Labute approximate surface area is 117 Å². The summed E-state index contributed by atoms with van der Waals surface area (Å²) in [6.45, 7) is 5.74. The predicted octanol–water partition coefficient (Wildman–Crippen LogP) is 3.12. The zero-order valence-electron chi connectivity index (χ0n) is 11.5. The molecule has 0 radical (unpaired) electrons. The maximum absolute atomic E-state index is 11.9. The number of hydrogen-bond donors (Lipinski definition) is 0. The van der Waals surface area contributed by atoms with Gasteiger partial charge in [-0.05, 0) is 50.8 Å². The summed E-state index contributed by atoms with van der Waals surface area (Å²) in [6.07, 6.45) is 3.64. The van der Waals surface area contributed by atoms with Crippen LogP contribution >= 0.6 is 0 Å². The second-order valence-corrected chi connectivity index (χ2v) is 7.68. The monoisotopic (exact) mass is 274 g/mol. The molecule has 0 saturated carbocycles. The molecule has 1 aliphatic rings. The van der Waals surface area contributed by atoms with Gasteiger partial charge in [0.1, 0.15) is 16.1 Å². The Morgan fingerprint density at radius 2 is 2.21 bits per heavy atom. The van der Waals surface area contributed by atoms with Gasteiger partial charge in [0.05, 0.1) is 17.8 Å². The van der Waals surface area contributed by atoms with Gasteiger partial charge in [0.15, 0.2) is 0 Å². The molecule has 4 heteroatoms. The fraction of sp³-hybridized carbons (Fsp3) is 0.467. The lowest BCUT2D eigenvalue weighted by atomic mass is 10.00. The highest BCUT2D eigenvalue weighted by Gasteiger charge is 2.28. The van der Waals surface area contributed by atoms with Gasteiger partial charge in [0, 0.05) is 5.92 Å². The highest BCUT2D eigenvalue weighted by molar-refractivity contribution is 7.91. The van der Waals surface area contributed by atoms with Crippen LogP contribution in [0.1, 0.15) is 49.8 Å². The number of fused-ring (bicyclic) bond motifs is 1. The van der Waals surface area contributed by atoms with Crippen molar-refractivity contribution in [1.29, 1.82) is 5.26 Å². The van der Waals surface area contributed by atoms with E-state index in [0.29, 0.717) is 0 Å². The molecule has 0 heterocycles. The van der Waals surface area contributed by atoms with E-state index in [4.69, 9.17) is 5.26 Å². The molecule has 1 aliphatic carbocycles. The van der Waals surface area contributed by atoms with Crippen molar-refractivity contribution in [2.24, 2.45) is 4.40 Å². The molecule has 0 spiro atoms. The lowest BCUT2D eigenvalue weighted by Gasteiger charge is -2.18. The second-order valence-electron chi connectivity index (χ2n) is 5.75. The Morgan fingerprint density at radius 1 is 1.47 bits per heavy atom. The van der Waals surface area contributed by atoms with Crippen molar-refractivity contribution in [2.75, 3.05) is 0 Å². The van der Waals surface area contributed by atoms with Crippen molar-refractivity contribution in [3.63, 3.8) is 0 Å². The zero-order chi connectivity index (χ0) is 14.0. The van der Waals surface area contributed by atoms with Gasteiger partial charge in [0.2, 0.25) is 0 Å². The lowest BCUT2D eigenvalue weighted by Crippen LogP contribution is -2.26. The SMILES string of the molecule is CC(C)(C)[S@+]([O-])N=C[C@H]1CCc2c(C#N)cccc21. The largest absolute Gasteiger partial charge is 0.591 e. The molecule has 3 nitrogen and oxygen atoms in total. The van der Waals surface area contributed by atoms with Gasteiger partial charge >= 0.3 is 0 Å². The summed E-state index contributed by atoms with van der Waals surface area (Å²) >= 11 is -1.21. The fourth-order valence-corrected chi connectivity index (χ4v) is 2.81. The van der Waals surface area contributed by atoms with Crippen LogP contribution in [-0.2, 0) is 17.8 Å². The molecule has 0 aliphatic heterocycles. The molecule has 0 amide bonds. The quantitative estimate of drug-likeness (QED) is 0.614. The Morgan fingerprint density at radius 3 is 2.84 bits per heavy atom. The summed E-state index contributed by atoms with van der Waals surface area (Å²) in [4.78, 5) is 0. The van der Waals surface area contributed by atoms with Gasteiger partial charge in [-0.1, -0.05) is 16.5 Å². The van der Waals surface area contributed by atoms with Crippen LogP contribution in [0, 0.1) is 11.3 Å². The van der Waals surface area contributed by atoms with Gasteiger partial charge in [-0.2, -0.15) is 5.26 Å². The Hall–Kier alpha value is -1.31.